The highest BCUT2D eigenvalue weighted by Crippen LogP contribution is 2.26. The van der Waals surface area contributed by atoms with Crippen molar-refractivity contribution in [1.82, 2.24) is 34.8 Å². The highest BCUT2D eigenvalue weighted by molar-refractivity contribution is 5.26. The van der Waals surface area contributed by atoms with Gasteiger partial charge in [0.05, 0.1) is 24.5 Å². The molecule has 0 aromatic carbocycles. The first kappa shape index (κ1) is 13.0. The number of alkyl halides is 3. The lowest BCUT2D eigenvalue weighted by molar-refractivity contribution is -0.145. The van der Waals surface area contributed by atoms with Gasteiger partial charge in [-0.05, 0) is 12.1 Å². The molecule has 0 fully saturated rings. The molecule has 0 unspecified atom stereocenters. The van der Waals surface area contributed by atoms with Gasteiger partial charge in [0.2, 0.25) is 0 Å². The summed E-state index contributed by atoms with van der Waals surface area (Å²) in [6, 6.07) is 0. The van der Waals surface area contributed by atoms with E-state index in [0.29, 0.717) is 12.2 Å². The second-order valence-corrected chi connectivity index (χ2v) is 4.27. The van der Waals surface area contributed by atoms with E-state index >= 15 is 0 Å². The molecule has 1 N–H and O–H groups in total. The van der Waals surface area contributed by atoms with Crippen molar-refractivity contribution in [2.75, 3.05) is 0 Å². The second kappa shape index (κ2) is 4.24. The number of halogens is 3. The zero-order valence-electron chi connectivity index (χ0n) is 10.3. The molecule has 0 radical (unpaired) electrons. The summed E-state index contributed by atoms with van der Waals surface area (Å²) in [5.41, 5.74) is 1.33. The third kappa shape index (κ3) is 1.94. The number of rotatable bonds is 2. The van der Waals surface area contributed by atoms with Gasteiger partial charge >= 0.3 is 6.18 Å². The summed E-state index contributed by atoms with van der Waals surface area (Å²) < 4.78 is 39.0. The van der Waals surface area contributed by atoms with Crippen LogP contribution < -0.4 is 0 Å². The molecule has 11 heteroatoms. The molecular weight excluding hydrogens is 279 g/mol. The van der Waals surface area contributed by atoms with E-state index in [1.807, 2.05) is 6.92 Å². The van der Waals surface area contributed by atoms with Crippen LogP contribution in [0, 0.1) is 0 Å². The molecule has 2 aromatic rings. The van der Waals surface area contributed by atoms with Crippen LogP contribution in [0.5, 0.6) is 0 Å². The smallest absolute Gasteiger partial charge is 0.313 e. The van der Waals surface area contributed by atoms with Gasteiger partial charge in [0.25, 0.3) is 11.8 Å². The number of hydrogen-bond acceptors (Lipinski definition) is 6. The minimum atomic E-state index is -4.65. The maximum Gasteiger partial charge on any atom is 0.455 e. The molecule has 1 aliphatic rings. The summed E-state index contributed by atoms with van der Waals surface area (Å²) in [6.07, 6.45) is -4.65. The van der Waals surface area contributed by atoms with Crippen molar-refractivity contribution in [2.24, 2.45) is 0 Å². The summed E-state index contributed by atoms with van der Waals surface area (Å²) in [6.45, 7) is 2.76. The highest BCUT2D eigenvalue weighted by Gasteiger charge is 2.37. The Kier molecular flexibility index (Phi) is 2.76. The Balaban J connectivity index is 2.03. The van der Waals surface area contributed by atoms with Crippen molar-refractivity contribution in [2.45, 2.75) is 32.7 Å². The van der Waals surface area contributed by atoms with Crippen LogP contribution in [-0.2, 0) is 25.8 Å². The topological polar surface area (TPSA) is 84.9 Å². The standard InChI is InChI=1S/C9H10F3N7O/c1-2-18-6-4-17(20)3-5(6)13-8(18)19-15-7(14-16-19)9(10,11)12/h20H,2-4H2,1H3. The Morgan fingerprint density at radius 1 is 1.30 bits per heavy atom. The predicted molar refractivity (Wildman–Crippen MR) is 56.6 cm³/mol. The Bertz CT molecular complexity index is 646. The molecule has 2 aromatic heterocycles. The average Bonchev–Trinajstić information content (AvgIpc) is 2.99. The van der Waals surface area contributed by atoms with E-state index in [-0.39, 0.29) is 19.0 Å². The maximum absolute atomic E-state index is 12.5. The fraction of sp³-hybridized carbons (Fsp3) is 0.556. The van der Waals surface area contributed by atoms with Crippen LogP contribution in [0.3, 0.4) is 0 Å². The monoisotopic (exact) mass is 289 g/mol. The van der Waals surface area contributed by atoms with Gasteiger partial charge in [-0.25, -0.2) is 4.98 Å². The SMILES string of the molecule is CCn1c(-n2nnc(C(F)(F)F)n2)nc2c1CN(O)C2. The van der Waals surface area contributed by atoms with Crippen LogP contribution in [0.25, 0.3) is 5.95 Å². The summed E-state index contributed by atoms with van der Waals surface area (Å²) in [5.74, 6) is -1.15. The minimum absolute atomic E-state index is 0.161. The van der Waals surface area contributed by atoms with E-state index < -0.39 is 12.0 Å². The van der Waals surface area contributed by atoms with E-state index in [2.05, 4.69) is 20.4 Å². The van der Waals surface area contributed by atoms with E-state index in [1.165, 1.54) is 0 Å². The molecule has 0 saturated heterocycles. The Hall–Kier alpha value is -2.01. The molecule has 8 nitrogen and oxygen atoms in total. The third-order valence-electron chi connectivity index (χ3n) is 2.96. The molecule has 0 atom stereocenters. The van der Waals surface area contributed by atoms with Crippen molar-refractivity contribution in [1.29, 1.82) is 0 Å². The largest absolute Gasteiger partial charge is 0.455 e. The number of hydroxylamine groups is 2. The van der Waals surface area contributed by atoms with Crippen LogP contribution in [0.2, 0.25) is 0 Å². The van der Waals surface area contributed by atoms with Crippen molar-refractivity contribution in [3.05, 3.63) is 17.2 Å². The quantitative estimate of drug-likeness (QED) is 0.871. The number of fused-ring (bicyclic) bond motifs is 1. The van der Waals surface area contributed by atoms with Gasteiger partial charge in [-0.1, -0.05) is 4.80 Å². The van der Waals surface area contributed by atoms with Gasteiger partial charge in [-0.3, -0.25) is 0 Å². The summed E-state index contributed by atoms with van der Waals surface area (Å²) in [7, 11) is 0. The molecule has 108 valence electrons. The molecule has 0 aliphatic carbocycles. The highest BCUT2D eigenvalue weighted by atomic mass is 19.4. The predicted octanol–water partition coefficient (Wildman–Crippen LogP) is 0.602. The number of aromatic nitrogens is 6. The van der Waals surface area contributed by atoms with Gasteiger partial charge in [-0.15, -0.1) is 10.2 Å². The number of hydrogen-bond donors (Lipinski definition) is 1. The van der Waals surface area contributed by atoms with E-state index in [4.69, 9.17) is 0 Å². The zero-order valence-corrected chi connectivity index (χ0v) is 10.3. The summed E-state index contributed by atoms with van der Waals surface area (Å²) in [5, 5.41) is 20.2. The van der Waals surface area contributed by atoms with Gasteiger partial charge < -0.3 is 9.77 Å². The van der Waals surface area contributed by atoms with Crippen LogP contribution in [0.15, 0.2) is 0 Å². The maximum atomic E-state index is 12.5. The number of imidazole rings is 1. The van der Waals surface area contributed by atoms with Crippen molar-refractivity contribution >= 4 is 0 Å². The van der Waals surface area contributed by atoms with Crippen LogP contribution in [-0.4, -0.2) is 40.0 Å². The normalized spacial score (nSPS) is 15.8. The van der Waals surface area contributed by atoms with Crippen LogP contribution >= 0.6 is 0 Å². The fourth-order valence-corrected chi connectivity index (χ4v) is 2.12. The number of tetrazole rings is 1. The molecule has 20 heavy (non-hydrogen) atoms. The summed E-state index contributed by atoms with van der Waals surface area (Å²) in [4.78, 5) is 4.93. The Morgan fingerprint density at radius 3 is 2.65 bits per heavy atom. The zero-order chi connectivity index (χ0) is 14.5. The fourth-order valence-electron chi connectivity index (χ4n) is 2.12. The van der Waals surface area contributed by atoms with Crippen LogP contribution in [0.4, 0.5) is 13.2 Å². The summed E-state index contributed by atoms with van der Waals surface area (Å²) >= 11 is 0. The third-order valence-corrected chi connectivity index (χ3v) is 2.96. The van der Waals surface area contributed by atoms with Crippen molar-refractivity contribution < 1.29 is 18.4 Å². The van der Waals surface area contributed by atoms with Gasteiger partial charge in [-0.2, -0.15) is 18.2 Å². The molecule has 3 heterocycles. The average molecular weight is 289 g/mol. The van der Waals surface area contributed by atoms with E-state index in [9.17, 15) is 18.4 Å². The van der Waals surface area contributed by atoms with Crippen LogP contribution in [0.1, 0.15) is 24.1 Å². The lowest BCUT2D eigenvalue weighted by Gasteiger charge is -2.08. The first-order valence-electron chi connectivity index (χ1n) is 5.80. The molecular formula is C9H10F3N7O. The second-order valence-electron chi connectivity index (χ2n) is 4.27. The Morgan fingerprint density at radius 2 is 2.05 bits per heavy atom. The van der Waals surface area contributed by atoms with Crippen molar-refractivity contribution in [3.8, 4) is 5.95 Å². The first-order chi connectivity index (χ1) is 9.40. The molecule has 0 amide bonds. The molecule has 0 saturated carbocycles. The first-order valence-corrected chi connectivity index (χ1v) is 5.80. The van der Waals surface area contributed by atoms with Gasteiger partial charge in [0.1, 0.15) is 0 Å². The molecule has 0 bridgehead atoms. The van der Waals surface area contributed by atoms with E-state index in [0.717, 1.165) is 15.6 Å². The minimum Gasteiger partial charge on any atom is -0.313 e. The van der Waals surface area contributed by atoms with Crippen molar-refractivity contribution in [3.63, 3.8) is 0 Å². The Labute approximate surface area is 110 Å². The van der Waals surface area contributed by atoms with E-state index in [1.54, 1.807) is 4.57 Å². The van der Waals surface area contributed by atoms with Gasteiger partial charge in [0, 0.05) is 6.54 Å². The number of nitrogens with zero attached hydrogens (tertiary/aromatic N) is 7. The molecule has 0 spiro atoms. The molecule has 1 aliphatic heterocycles. The lowest BCUT2D eigenvalue weighted by Crippen LogP contribution is -2.16. The molecule has 3 rings (SSSR count). The lowest BCUT2D eigenvalue weighted by atomic mass is 10.4. The van der Waals surface area contributed by atoms with Gasteiger partial charge in [0.15, 0.2) is 0 Å².